The highest BCUT2D eigenvalue weighted by Gasteiger charge is 2.12. The Balaban J connectivity index is 1.57. The van der Waals surface area contributed by atoms with E-state index >= 15 is 0 Å². The van der Waals surface area contributed by atoms with Crippen molar-refractivity contribution >= 4 is 42.3 Å². The number of fused-ring (bicyclic) bond motifs is 4. The Morgan fingerprint density at radius 1 is 0.586 bits per heavy atom. The van der Waals surface area contributed by atoms with Crippen LogP contribution in [0.25, 0.3) is 53.3 Å². The van der Waals surface area contributed by atoms with E-state index in [0.29, 0.717) is 0 Å². The van der Waals surface area contributed by atoms with Crippen molar-refractivity contribution < 1.29 is 0 Å². The molecule has 1 nitrogen and oxygen atoms in total. The first-order chi connectivity index (χ1) is 14.4. The summed E-state index contributed by atoms with van der Waals surface area (Å²) in [6, 6.07) is 34.5. The Bertz CT molecular complexity index is 1500. The Hall–Kier alpha value is -3.49. The summed E-state index contributed by atoms with van der Waals surface area (Å²) < 4.78 is 2.62. The van der Waals surface area contributed by atoms with Crippen molar-refractivity contribution in [1.29, 1.82) is 0 Å². The van der Waals surface area contributed by atoms with Crippen LogP contribution in [0.4, 0.5) is 0 Å². The monoisotopic (exact) mass is 387 g/mol. The van der Waals surface area contributed by atoms with E-state index in [1.165, 1.54) is 47.6 Å². The highest BCUT2D eigenvalue weighted by molar-refractivity contribution is 7.26. The minimum absolute atomic E-state index is 1.03. The molecule has 0 amide bonds. The van der Waals surface area contributed by atoms with Gasteiger partial charge in [-0.2, -0.15) is 0 Å². The highest BCUT2D eigenvalue weighted by atomic mass is 32.1. The minimum Gasteiger partial charge on any atom is -0.256 e. The smallest absolute Gasteiger partial charge is 0.0722 e. The van der Waals surface area contributed by atoms with E-state index in [0.717, 1.165) is 5.69 Å². The normalized spacial score (nSPS) is 11.4. The highest BCUT2D eigenvalue weighted by Crippen LogP contribution is 2.41. The zero-order chi connectivity index (χ0) is 19.2. The van der Waals surface area contributed by atoms with E-state index in [-0.39, 0.29) is 0 Å². The van der Waals surface area contributed by atoms with Crippen molar-refractivity contribution in [2.24, 2.45) is 0 Å². The van der Waals surface area contributed by atoms with Gasteiger partial charge in [0.15, 0.2) is 0 Å². The molecule has 6 aromatic rings. The van der Waals surface area contributed by atoms with Gasteiger partial charge in [0.1, 0.15) is 0 Å². The molecule has 4 aromatic carbocycles. The Morgan fingerprint density at radius 3 is 2.31 bits per heavy atom. The van der Waals surface area contributed by atoms with Crippen LogP contribution in [-0.2, 0) is 0 Å². The number of nitrogens with zero attached hydrogens (tertiary/aromatic N) is 1. The van der Waals surface area contributed by atoms with Gasteiger partial charge in [-0.25, -0.2) is 0 Å². The van der Waals surface area contributed by atoms with Crippen molar-refractivity contribution in [1.82, 2.24) is 4.98 Å². The molecule has 0 N–H and O–H groups in total. The lowest BCUT2D eigenvalue weighted by atomic mass is 10.0. The van der Waals surface area contributed by atoms with Gasteiger partial charge < -0.3 is 0 Å². The lowest BCUT2D eigenvalue weighted by molar-refractivity contribution is 1.37. The number of aromatic nitrogens is 1. The van der Waals surface area contributed by atoms with Crippen LogP contribution in [0.2, 0.25) is 0 Å². The van der Waals surface area contributed by atoms with E-state index in [2.05, 4.69) is 97.1 Å². The SMILES string of the molecule is c1ccc(-c2ccc3c(c2)sc2c(-c4cc5ccccc5cn4)cccc23)cc1. The molecule has 0 spiro atoms. The summed E-state index contributed by atoms with van der Waals surface area (Å²) in [5.74, 6) is 0. The second kappa shape index (κ2) is 6.54. The summed E-state index contributed by atoms with van der Waals surface area (Å²) in [6.45, 7) is 0. The summed E-state index contributed by atoms with van der Waals surface area (Å²) in [5.41, 5.74) is 4.75. The predicted molar refractivity (Wildman–Crippen MR) is 126 cm³/mol. The number of rotatable bonds is 2. The number of hydrogen-bond acceptors (Lipinski definition) is 2. The molecular formula is C27H17NS. The fourth-order valence-corrected chi connectivity index (χ4v) is 5.31. The van der Waals surface area contributed by atoms with Crippen molar-refractivity contribution in [3.05, 3.63) is 103 Å². The standard InChI is InChI=1S/C27H17NS/c1-2-7-18(8-3-1)20-13-14-22-23-11-6-12-24(27(23)29-26(22)16-20)25-15-19-9-4-5-10-21(19)17-28-25/h1-17H. The van der Waals surface area contributed by atoms with Crippen molar-refractivity contribution in [2.75, 3.05) is 0 Å². The molecule has 0 aliphatic heterocycles. The van der Waals surface area contributed by atoms with E-state index in [4.69, 9.17) is 4.98 Å². The Labute approximate surface area is 172 Å². The van der Waals surface area contributed by atoms with Gasteiger partial charge in [-0.05, 0) is 28.6 Å². The van der Waals surface area contributed by atoms with Crippen molar-refractivity contribution in [2.45, 2.75) is 0 Å². The third-order valence-corrected chi connectivity index (χ3v) is 6.71. The third-order valence-electron chi connectivity index (χ3n) is 5.51. The molecule has 0 aliphatic rings. The third kappa shape index (κ3) is 2.72. The average Bonchev–Trinajstić information content (AvgIpc) is 3.17. The number of thiophene rings is 1. The second-order valence-corrected chi connectivity index (χ2v) is 8.33. The maximum Gasteiger partial charge on any atom is 0.0722 e. The van der Waals surface area contributed by atoms with Gasteiger partial charge in [0.25, 0.3) is 0 Å². The molecule has 0 saturated carbocycles. The Kier molecular flexibility index (Phi) is 3.71. The van der Waals surface area contributed by atoms with Gasteiger partial charge in [0, 0.05) is 37.3 Å². The van der Waals surface area contributed by atoms with E-state index in [9.17, 15) is 0 Å². The molecule has 0 saturated heterocycles. The molecule has 0 fully saturated rings. The average molecular weight is 388 g/mol. The molecule has 136 valence electrons. The van der Waals surface area contributed by atoms with Gasteiger partial charge in [-0.15, -0.1) is 11.3 Å². The zero-order valence-corrected chi connectivity index (χ0v) is 16.5. The maximum absolute atomic E-state index is 4.77. The molecule has 6 rings (SSSR count). The van der Waals surface area contributed by atoms with Gasteiger partial charge in [0.2, 0.25) is 0 Å². The van der Waals surface area contributed by atoms with Gasteiger partial charge >= 0.3 is 0 Å². The van der Waals surface area contributed by atoms with Crippen LogP contribution in [0.5, 0.6) is 0 Å². The topological polar surface area (TPSA) is 12.9 Å². The maximum atomic E-state index is 4.77. The van der Waals surface area contributed by atoms with Gasteiger partial charge in [-0.1, -0.05) is 84.9 Å². The van der Waals surface area contributed by atoms with Crippen LogP contribution >= 0.6 is 11.3 Å². The van der Waals surface area contributed by atoms with Crippen molar-refractivity contribution in [3.8, 4) is 22.4 Å². The molecule has 2 heteroatoms. The molecule has 2 aromatic heterocycles. The molecule has 0 atom stereocenters. The summed E-state index contributed by atoms with van der Waals surface area (Å²) in [5, 5.41) is 5.01. The molecule has 29 heavy (non-hydrogen) atoms. The molecule has 0 unspecified atom stereocenters. The lowest BCUT2D eigenvalue weighted by Crippen LogP contribution is -1.84. The first kappa shape index (κ1) is 16.5. The number of benzene rings is 4. The van der Waals surface area contributed by atoms with Crippen LogP contribution < -0.4 is 0 Å². The van der Waals surface area contributed by atoms with Gasteiger partial charge in [-0.3, -0.25) is 4.98 Å². The van der Waals surface area contributed by atoms with E-state index in [1.54, 1.807) is 0 Å². The fraction of sp³-hybridized carbons (Fsp3) is 0. The first-order valence-electron chi connectivity index (χ1n) is 9.73. The largest absolute Gasteiger partial charge is 0.256 e. The molecule has 2 heterocycles. The summed E-state index contributed by atoms with van der Waals surface area (Å²) in [6.07, 6.45) is 1.98. The van der Waals surface area contributed by atoms with Crippen molar-refractivity contribution in [3.63, 3.8) is 0 Å². The van der Waals surface area contributed by atoms with E-state index < -0.39 is 0 Å². The summed E-state index contributed by atoms with van der Waals surface area (Å²) in [7, 11) is 0. The van der Waals surface area contributed by atoms with Crippen LogP contribution in [0, 0.1) is 0 Å². The molecular weight excluding hydrogens is 370 g/mol. The Morgan fingerprint density at radius 2 is 1.41 bits per heavy atom. The second-order valence-electron chi connectivity index (χ2n) is 7.28. The predicted octanol–water partition coefficient (Wildman–Crippen LogP) is 7.94. The lowest BCUT2D eigenvalue weighted by Gasteiger charge is -2.05. The minimum atomic E-state index is 1.03. The summed E-state index contributed by atoms with van der Waals surface area (Å²) in [4.78, 5) is 4.77. The molecule has 0 bridgehead atoms. The fourth-order valence-electron chi connectivity index (χ4n) is 4.04. The number of pyridine rings is 1. The zero-order valence-electron chi connectivity index (χ0n) is 15.7. The quantitative estimate of drug-likeness (QED) is 0.294. The summed E-state index contributed by atoms with van der Waals surface area (Å²) >= 11 is 1.86. The van der Waals surface area contributed by atoms with Crippen LogP contribution in [-0.4, -0.2) is 4.98 Å². The van der Waals surface area contributed by atoms with Crippen LogP contribution in [0.15, 0.2) is 103 Å². The van der Waals surface area contributed by atoms with E-state index in [1.807, 2.05) is 17.5 Å². The molecule has 0 radical (unpaired) electrons. The molecule has 0 aliphatic carbocycles. The van der Waals surface area contributed by atoms with Crippen LogP contribution in [0.1, 0.15) is 0 Å². The van der Waals surface area contributed by atoms with Crippen LogP contribution in [0.3, 0.4) is 0 Å². The number of hydrogen-bond donors (Lipinski definition) is 0. The van der Waals surface area contributed by atoms with Gasteiger partial charge in [0.05, 0.1) is 5.69 Å². The first-order valence-corrected chi connectivity index (χ1v) is 10.5.